The molecule has 5 rings (SSSR count). The van der Waals surface area contributed by atoms with E-state index in [1.54, 1.807) is 0 Å². The molecule has 2 aromatic rings. The lowest BCUT2D eigenvalue weighted by molar-refractivity contribution is -0.115. The van der Waals surface area contributed by atoms with Gasteiger partial charge < -0.3 is 19.5 Å². The molecule has 1 saturated heterocycles. The molecule has 2 aromatic carbocycles. The minimum atomic E-state index is -0.187. The maximum atomic E-state index is 12.3. The predicted octanol–water partition coefficient (Wildman–Crippen LogP) is 3.71. The van der Waals surface area contributed by atoms with Crippen molar-refractivity contribution in [3.63, 3.8) is 0 Å². The van der Waals surface area contributed by atoms with E-state index >= 15 is 0 Å². The number of carbonyl (C=O) groups excluding carboxylic acids is 1. The maximum Gasteiger partial charge on any atom is 0.264 e. The van der Waals surface area contributed by atoms with E-state index < -0.39 is 0 Å². The summed E-state index contributed by atoms with van der Waals surface area (Å²) in [5.41, 5.74) is 2.49. The lowest BCUT2D eigenvalue weighted by atomic mass is 9.98. The van der Waals surface area contributed by atoms with Gasteiger partial charge in [0.2, 0.25) is 6.79 Å². The predicted molar refractivity (Wildman–Crippen MR) is 103 cm³/mol. The number of benzene rings is 2. The minimum Gasteiger partial charge on any atom is -0.456 e. The largest absolute Gasteiger partial charge is 0.456 e. The van der Waals surface area contributed by atoms with Gasteiger partial charge in [-0.05, 0) is 30.3 Å². The average molecular weight is 381 g/mol. The number of carbonyl (C=O) groups is 1. The molecule has 5 nitrogen and oxygen atoms in total. The number of allylic oxidation sites excluding steroid dienone is 2. The van der Waals surface area contributed by atoms with E-state index in [0.717, 1.165) is 16.7 Å². The zero-order valence-electron chi connectivity index (χ0n) is 13.3. The molecule has 0 atom stereocenters. The first kappa shape index (κ1) is 15.5. The first-order valence-corrected chi connectivity index (χ1v) is 9.08. The Labute approximate surface area is 158 Å². The van der Waals surface area contributed by atoms with Crippen LogP contribution in [0.1, 0.15) is 11.1 Å². The number of amides is 1. The van der Waals surface area contributed by atoms with Crippen molar-refractivity contribution in [1.29, 1.82) is 0 Å². The summed E-state index contributed by atoms with van der Waals surface area (Å²) in [5.74, 6) is 2.52. The number of hydrogen-bond acceptors (Lipinski definition) is 6. The van der Waals surface area contributed by atoms with Crippen LogP contribution >= 0.6 is 24.0 Å². The normalized spacial score (nSPS) is 20.4. The SMILES string of the molecule is O=C1NC(=S)SC1=C1C=C(c2ccc3c(c2)OCO3)Oc2ccccc21. The first-order valence-electron chi connectivity index (χ1n) is 7.85. The molecular formula is C19H11NO4S2. The average Bonchev–Trinajstić information content (AvgIpc) is 3.25. The van der Waals surface area contributed by atoms with Gasteiger partial charge in [0, 0.05) is 16.7 Å². The zero-order valence-corrected chi connectivity index (χ0v) is 14.9. The summed E-state index contributed by atoms with van der Waals surface area (Å²) < 4.78 is 17.4. The van der Waals surface area contributed by atoms with Gasteiger partial charge in [-0.3, -0.25) is 4.79 Å². The van der Waals surface area contributed by atoms with Gasteiger partial charge in [0.25, 0.3) is 5.91 Å². The summed E-state index contributed by atoms with van der Waals surface area (Å²) in [6, 6.07) is 13.3. The van der Waals surface area contributed by atoms with E-state index in [2.05, 4.69) is 5.32 Å². The second-order valence-corrected chi connectivity index (χ2v) is 7.45. The third kappa shape index (κ3) is 2.48. The van der Waals surface area contributed by atoms with Crippen molar-refractivity contribution in [1.82, 2.24) is 5.32 Å². The highest BCUT2D eigenvalue weighted by molar-refractivity contribution is 8.26. The van der Waals surface area contributed by atoms with Crippen LogP contribution in [0.2, 0.25) is 0 Å². The molecule has 128 valence electrons. The summed E-state index contributed by atoms with van der Waals surface area (Å²) in [5, 5.41) is 2.67. The van der Waals surface area contributed by atoms with Crippen molar-refractivity contribution in [3.05, 3.63) is 64.6 Å². The molecule has 0 saturated carbocycles. The smallest absolute Gasteiger partial charge is 0.264 e. The van der Waals surface area contributed by atoms with Crippen molar-refractivity contribution >= 4 is 45.5 Å². The molecule has 0 radical (unpaired) electrons. The molecule has 26 heavy (non-hydrogen) atoms. The molecule has 3 aliphatic rings. The highest BCUT2D eigenvalue weighted by atomic mass is 32.2. The van der Waals surface area contributed by atoms with Gasteiger partial charge >= 0.3 is 0 Å². The number of hydrogen-bond donors (Lipinski definition) is 1. The lowest BCUT2D eigenvalue weighted by Gasteiger charge is -2.21. The minimum absolute atomic E-state index is 0.187. The fraction of sp³-hybridized carbons (Fsp3) is 0.0526. The molecule has 1 amide bonds. The number of thioether (sulfide) groups is 1. The second kappa shape index (κ2) is 5.89. The van der Waals surface area contributed by atoms with Crippen LogP contribution in [-0.2, 0) is 4.79 Å². The van der Waals surface area contributed by atoms with Gasteiger partial charge in [-0.15, -0.1) is 0 Å². The first-order chi connectivity index (χ1) is 12.7. The van der Waals surface area contributed by atoms with Crippen LogP contribution in [0.3, 0.4) is 0 Å². The van der Waals surface area contributed by atoms with E-state index in [9.17, 15) is 4.79 Å². The Morgan fingerprint density at radius 3 is 2.73 bits per heavy atom. The van der Waals surface area contributed by atoms with Gasteiger partial charge in [0.15, 0.2) is 11.5 Å². The maximum absolute atomic E-state index is 12.3. The van der Waals surface area contributed by atoms with Crippen LogP contribution in [0.15, 0.2) is 53.4 Å². The standard InChI is InChI=1S/C19H11NO4S2/c21-18-17(26-19(25)20-18)12-8-15(24-13-4-2-1-3-11(12)13)10-5-6-14-16(7-10)23-9-22-14/h1-8H,9H2,(H,20,21,25). The van der Waals surface area contributed by atoms with Crippen molar-refractivity contribution < 1.29 is 19.0 Å². The number of para-hydroxylation sites is 1. The molecule has 1 fully saturated rings. The molecule has 0 spiro atoms. The highest BCUT2D eigenvalue weighted by Crippen LogP contribution is 2.43. The van der Waals surface area contributed by atoms with Crippen LogP contribution < -0.4 is 19.5 Å². The highest BCUT2D eigenvalue weighted by Gasteiger charge is 2.30. The quantitative estimate of drug-likeness (QED) is 0.600. The molecule has 0 aromatic heterocycles. The summed E-state index contributed by atoms with van der Waals surface area (Å²) in [4.78, 5) is 12.9. The van der Waals surface area contributed by atoms with E-state index in [0.29, 0.717) is 32.2 Å². The molecule has 0 unspecified atom stereocenters. The Balaban J connectivity index is 1.67. The number of rotatable bonds is 1. The van der Waals surface area contributed by atoms with Crippen LogP contribution in [0.25, 0.3) is 11.3 Å². The number of ether oxygens (including phenoxy) is 3. The number of nitrogens with one attached hydrogen (secondary N) is 1. The van der Waals surface area contributed by atoms with Gasteiger partial charge in [0.1, 0.15) is 15.8 Å². The van der Waals surface area contributed by atoms with Crippen molar-refractivity contribution in [2.24, 2.45) is 0 Å². The van der Waals surface area contributed by atoms with Gasteiger partial charge in [-0.25, -0.2) is 0 Å². The van der Waals surface area contributed by atoms with E-state index in [1.165, 1.54) is 11.8 Å². The van der Waals surface area contributed by atoms with Crippen molar-refractivity contribution in [3.8, 4) is 17.2 Å². The van der Waals surface area contributed by atoms with Crippen molar-refractivity contribution in [2.75, 3.05) is 6.79 Å². The molecular weight excluding hydrogens is 370 g/mol. The van der Waals surface area contributed by atoms with Gasteiger partial charge in [0.05, 0.1) is 4.91 Å². The number of thiocarbonyl (C=S) groups is 1. The van der Waals surface area contributed by atoms with Crippen LogP contribution in [0.5, 0.6) is 17.2 Å². The van der Waals surface area contributed by atoms with E-state index in [4.69, 9.17) is 26.4 Å². The van der Waals surface area contributed by atoms with E-state index in [1.807, 2.05) is 48.5 Å². The monoisotopic (exact) mass is 381 g/mol. The molecule has 0 aliphatic carbocycles. The Kier molecular flexibility index (Phi) is 3.51. The summed E-state index contributed by atoms with van der Waals surface area (Å²) >= 11 is 6.40. The third-order valence-electron chi connectivity index (χ3n) is 4.19. The Hall–Kier alpha value is -2.77. The molecule has 3 aliphatic heterocycles. The molecule has 7 heteroatoms. The Morgan fingerprint density at radius 2 is 1.88 bits per heavy atom. The Bertz CT molecular complexity index is 1040. The topological polar surface area (TPSA) is 56.8 Å². The second-order valence-electron chi connectivity index (χ2n) is 5.76. The fourth-order valence-corrected chi connectivity index (χ4v) is 4.10. The summed E-state index contributed by atoms with van der Waals surface area (Å²) in [6.45, 7) is 0.213. The van der Waals surface area contributed by atoms with Gasteiger partial charge in [-0.2, -0.15) is 0 Å². The lowest BCUT2D eigenvalue weighted by Crippen LogP contribution is -2.18. The van der Waals surface area contributed by atoms with Crippen LogP contribution in [-0.4, -0.2) is 17.0 Å². The number of fused-ring (bicyclic) bond motifs is 2. The fourth-order valence-electron chi connectivity index (χ4n) is 3.01. The molecule has 0 bridgehead atoms. The van der Waals surface area contributed by atoms with Crippen LogP contribution in [0, 0.1) is 0 Å². The molecule has 3 heterocycles. The van der Waals surface area contributed by atoms with E-state index in [-0.39, 0.29) is 12.7 Å². The summed E-state index contributed by atoms with van der Waals surface area (Å²) in [7, 11) is 0. The zero-order chi connectivity index (χ0) is 17.7. The van der Waals surface area contributed by atoms with Crippen molar-refractivity contribution in [2.45, 2.75) is 0 Å². The Morgan fingerprint density at radius 1 is 1.04 bits per heavy atom. The van der Waals surface area contributed by atoms with Gasteiger partial charge in [-0.1, -0.05) is 42.2 Å². The summed E-state index contributed by atoms with van der Waals surface area (Å²) in [6.07, 6.45) is 1.87. The third-order valence-corrected chi connectivity index (χ3v) is 5.44. The molecule has 1 N–H and O–H groups in total. The van der Waals surface area contributed by atoms with Crippen LogP contribution in [0.4, 0.5) is 0 Å².